The van der Waals surface area contributed by atoms with Crippen molar-refractivity contribution in [2.75, 3.05) is 5.32 Å². The van der Waals surface area contributed by atoms with Gasteiger partial charge in [0.05, 0.1) is 5.69 Å². The second-order valence-corrected chi connectivity index (χ2v) is 5.93. The summed E-state index contributed by atoms with van der Waals surface area (Å²) in [6.45, 7) is 6.71. The van der Waals surface area contributed by atoms with Gasteiger partial charge in [0.1, 0.15) is 0 Å². The van der Waals surface area contributed by atoms with Crippen molar-refractivity contribution >= 4 is 33.2 Å². The minimum Gasteiger partial charge on any atom is -0.382 e. The molecule has 1 nitrogen and oxygen atoms in total. The minimum absolute atomic E-state index is 0.470. The normalized spacial score (nSPS) is 12.9. The number of anilines is 1. The Morgan fingerprint density at radius 3 is 2.56 bits per heavy atom. The van der Waals surface area contributed by atoms with Gasteiger partial charge in [-0.3, -0.25) is 0 Å². The molecule has 0 amide bonds. The molecule has 0 aliphatic rings. The zero-order valence-electron chi connectivity index (χ0n) is 10.1. The van der Waals surface area contributed by atoms with Crippen LogP contribution >= 0.6 is 27.5 Å². The molecule has 1 unspecified atom stereocenters. The molecule has 90 valence electrons. The minimum atomic E-state index is 0.470. The van der Waals surface area contributed by atoms with Crippen LogP contribution in [0, 0.1) is 5.92 Å². The molecule has 0 radical (unpaired) electrons. The second-order valence-electron chi connectivity index (χ2n) is 4.64. The van der Waals surface area contributed by atoms with Gasteiger partial charge in [0.2, 0.25) is 0 Å². The second kappa shape index (κ2) is 6.51. The molecule has 1 atom stereocenters. The van der Waals surface area contributed by atoms with Gasteiger partial charge in [0.25, 0.3) is 0 Å². The number of hydrogen-bond donors (Lipinski definition) is 1. The van der Waals surface area contributed by atoms with E-state index in [1.807, 2.05) is 18.2 Å². The van der Waals surface area contributed by atoms with E-state index in [9.17, 15) is 0 Å². The quantitative estimate of drug-likeness (QED) is 0.774. The van der Waals surface area contributed by atoms with Crippen molar-refractivity contribution in [3.05, 3.63) is 27.7 Å². The maximum Gasteiger partial charge on any atom is 0.0501 e. The molecule has 3 heteroatoms. The first-order valence-electron chi connectivity index (χ1n) is 5.70. The average Bonchev–Trinajstić information content (AvgIpc) is 2.20. The Hall–Kier alpha value is -0.210. The molecule has 1 rings (SSSR count). The molecule has 16 heavy (non-hydrogen) atoms. The third kappa shape index (κ3) is 4.75. The van der Waals surface area contributed by atoms with E-state index in [1.165, 1.54) is 12.8 Å². The molecule has 1 aromatic rings. The largest absolute Gasteiger partial charge is 0.382 e. The van der Waals surface area contributed by atoms with Crippen molar-refractivity contribution in [3.8, 4) is 0 Å². The van der Waals surface area contributed by atoms with E-state index in [4.69, 9.17) is 11.6 Å². The lowest BCUT2D eigenvalue weighted by molar-refractivity contribution is 0.527. The third-order valence-corrected chi connectivity index (χ3v) is 3.43. The summed E-state index contributed by atoms with van der Waals surface area (Å²) in [6.07, 6.45) is 2.42. The van der Waals surface area contributed by atoms with E-state index in [1.54, 1.807) is 0 Å². The van der Waals surface area contributed by atoms with Crippen LogP contribution in [0.3, 0.4) is 0 Å². The Kier molecular flexibility index (Phi) is 5.63. The highest BCUT2D eigenvalue weighted by Gasteiger charge is 2.06. The molecule has 0 heterocycles. The van der Waals surface area contributed by atoms with Crippen molar-refractivity contribution in [2.45, 2.75) is 39.7 Å². The molecule has 0 bridgehead atoms. The van der Waals surface area contributed by atoms with E-state index in [0.29, 0.717) is 6.04 Å². The van der Waals surface area contributed by atoms with Crippen molar-refractivity contribution in [2.24, 2.45) is 5.92 Å². The highest BCUT2D eigenvalue weighted by Crippen LogP contribution is 2.27. The summed E-state index contributed by atoms with van der Waals surface area (Å²) < 4.78 is 1.06. The predicted molar refractivity (Wildman–Crippen MR) is 76.3 cm³/mol. The SMILES string of the molecule is CC(C)CCC(C)Nc1cc(Cl)ccc1Br. The van der Waals surface area contributed by atoms with Crippen LogP contribution in [0.25, 0.3) is 0 Å². The van der Waals surface area contributed by atoms with Crippen molar-refractivity contribution in [1.82, 2.24) is 0 Å². The van der Waals surface area contributed by atoms with Crippen LogP contribution in [-0.2, 0) is 0 Å². The number of nitrogens with one attached hydrogen (secondary N) is 1. The molecule has 1 aromatic carbocycles. The van der Waals surface area contributed by atoms with E-state index in [0.717, 1.165) is 21.1 Å². The van der Waals surface area contributed by atoms with E-state index >= 15 is 0 Å². The summed E-state index contributed by atoms with van der Waals surface area (Å²) in [4.78, 5) is 0. The first-order valence-corrected chi connectivity index (χ1v) is 6.87. The smallest absolute Gasteiger partial charge is 0.0501 e. The monoisotopic (exact) mass is 303 g/mol. The van der Waals surface area contributed by atoms with Gasteiger partial charge in [0.15, 0.2) is 0 Å². The molecule has 0 saturated carbocycles. The first-order chi connectivity index (χ1) is 7.49. The average molecular weight is 305 g/mol. The number of rotatable bonds is 5. The maximum absolute atomic E-state index is 5.97. The van der Waals surface area contributed by atoms with Crippen molar-refractivity contribution in [1.29, 1.82) is 0 Å². The number of benzene rings is 1. The van der Waals surface area contributed by atoms with E-state index in [-0.39, 0.29) is 0 Å². The van der Waals surface area contributed by atoms with Crippen LogP contribution in [0.1, 0.15) is 33.6 Å². The third-order valence-electron chi connectivity index (χ3n) is 2.51. The summed E-state index contributed by atoms with van der Waals surface area (Å²) in [5.41, 5.74) is 1.07. The fourth-order valence-electron chi connectivity index (χ4n) is 1.53. The van der Waals surface area contributed by atoms with Gasteiger partial charge in [-0.15, -0.1) is 0 Å². The molecule has 0 aliphatic carbocycles. The Morgan fingerprint density at radius 1 is 1.25 bits per heavy atom. The molecular weight excluding hydrogens is 286 g/mol. The van der Waals surface area contributed by atoms with Gasteiger partial charge in [-0.05, 0) is 59.8 Å². The summed E-state index contributed by atoms with van der Waals surface area (Å²) in [5, 5.41) is 4.24. The Bertz CT molecular complexity index is 339. The topological polar surface area (TPSA) is 12.0 Å². The zero-order valence-corrected chi connectivity index (χ0v) is 12.4. The lowest BCUT2D eigenvalue weighted by atomic mass is 10.0. The van der Waals surface area contributed by atoms with Gasteiger partial charge in [-0.2, -0.15) is 0 Å². The van der Waals surface area contributed by atoms with Gasteiger partial charge in [-0.1, -0.05) is 25.4 Å². The highest BCUT2D eigenvalue weighted by molar-refractivity contribution is 9.10. The standard InChI is InChI=1S/C13H19BrClN/c1-9(2)4-5-10(3)16-13-8-11(15)6-7-12(13)14/h6-10,16H,4-5H2,1-3H3. The van der Waals surface area contributed by atoms with Crippen LogP contribution in [-0.4, -0.2) is 6.04 Å². The summed E-state index contributed by atoms with van der Waals surface area (Å²) in [7, 11) is 0. The van der Waals surface area contributed by atoms with Gasteiger partial charge < -0.3 is 5.32 Å². The summed E-state index contributed by atoms with van der Waals surface area (Å²) >= 11 is 9.48. The molecular formula is C13H19BrClN. The molecule has 0 aromatic heterocycles. The first kappa shape index (κ1) is 13.9. The van der Waals surface area contributed by atoms with Crippen molar-refractivity contribution in [3.63, 3.8) is 0 Å². The lowest BCUT2D eigenvalue weighted by Gasteiger charge is -2.17. The van der Waals surface area contributed by atoms with Crippen LogP contribution in [0.4, 0.5) is 5.69 Å². The summed E-state index contributed by atoms with van der Waals surface area (Å²) in [6, 6.07) is 6.28. The van der Waals surface area contributed by atoms with Crippen LogP contribution in [0.15, 0.2) is 22.7 Å². The Balaban J connectivity index is 2.55. The van der Waals surface area contributed by atoms with Crippen molar-refractivity contribution < 1.29 is 0 Å². The highest BCUT2D eigenvalue weighted by atomic mass is 79.9. The maximum atomic E-state index is 5.97. The van der Waals surface area contributed by atoms with E-state index in [2.05, 4.69) is 42.0 Å². The van der Waals surface area contributed by atoms with Crippen LogP contribution < -0.4 is 5.32 Å². The lowest BCUT2D eigenvalue weighted by Crippen LogP contribution is -2.16. The number of halogens is 2. The fraction of sp³-hybridized carbons (Fsp3) is 0.538. The molecule has 0 saturated heterocycles. The van der Waals surface area contributed by atoms with Gasteiger partial charge in [0, 0.05) is 15.5 Å². The van der Waals surface area contributed by atoms with Crippen LogP contribution in [0.2, 0.25) is 5.02 Å². The molecule has 0 fully saturated rings. The molecule has 1 N–H and O–H groups in total. The summed E-state index contributed by atoms with van der Waals surface area (Å²) in [5.74, 6) is 0.757. The Morgan fingerprint density at radius 2 is 1.94 bits per heavy atom. The van der Waals surface area contributed by atoms with E-state index < -0.39 is 0 Å². The van der Waals surface area contributed by atoms with Gasteiger partial charge >= 0.3 is 0 Å². The fourth-order valence-corrected chi connectivity index (χ4v) is 2.06. The zero-order chi connectivity index (χ0) is 12.1. The van der Waals surface area contributed by atoms with Crippen LogP contribution in [0.5, 0.6) is 0 Å². The predicted octanol–water partition coefficient (Wildman–Crippen LogP) is 5.34. The Labute approximate surface area is 112 Å². The molecule has 0 aliphatic heterocycles. The molecule has 0 spiro atoms. The number of hydrogen-bond acceptors (Lipinski definition) is 1. The van der Waals surface area contributed by atoms with Gasteiger partial charge in [-0.25, -0.2) is 0 Å².